The van der Waals surface area contributed by atoms with Crippen molar-refractivity contribution < 1.29 is 22.5 Å². The Morgan fingerprint density at radius 1 is 1.30 bits per heavy atom. The summed E-state index contributed by atoms with van der Waals surface area (Å²) >= 11 is 0. The van der Waals surface area contributed by atoms with Gasteiger partial charge >= 0.3 is 12.1 Å². The number of benzene rings is 1. The molecule has 3 rings (SSSR count). The summed E-state index contributed by atoms with van der Waals surface area (Å²) in [5, 5.41) is 3.36. The van der Waals surface area contributed by atoms with Crippen molar-refractivity contribution in [2.45, 2.75) is 38.4 Å². The molecule has 1 aromatic carbocycles. The maximum absolute atomic E-state index is 12.6. The van der Waals surface area contributed by atoms with Gasteiger partial charge in [0.2, 0.25) is 11.7 Å². The van der Waals surface area contributed by atoms with Gasteiger partial charge in [0, 0.05) is 31.5 Å². The average Bonchev–Trinajstić information content (AvgIpc) is 3.30. The number of hydrogen-bond donors (Lipinski definition) is 0. The monoisotopic (exact) mass is 377 g/mol. The topological polar surface area (TPSA) is 59.2 Å². The van der Waals surface area contributed by atoms with Crippen molar-refractivity contribution in [2.24, 2.45) is 5.92 Å². The lowest BCUT2D eigenvalue weighted by Crippen LogP contribution is -2.32. The molecule has 0 N–H and O–H groups in total. The third-order valence-electron chi connectivity index (χ3n) is 4.27. The molecule has 1 amide bonds. The predicted octanol–water partition coefficient (Wildman–Crippen LogP) is 3.91. The van der Waals surface area contributed by atoms with Crippen LogP contribution in [0.5, 0.6) is 0 Å². The summed E-state index contributed by atoms with van der Waals surface area (Å²) in [6.07, 6.45) is 3.52. The molecule has 1 aromatic heterocycles. The van der Waals surface area contributed by atoms with Crippen molar-refractivity contribution in [1.82, 2.24) is 15.0 Å². The van der Waals surface area contributed by atoms with E-state index in [-0.39, 0.29) is 11.7 Å². The van der Waals surface area contributed by atoms with E-state index in [9.17, 15) is 18.0 Å². The predicted molar refractivity (Wildman–Crippen MR) is 90.9 cm³/mol. The molecule has 5 nitrogen and oxygen atoms in total. The Hall–Kier alpha value is -2.82. The summed E-state index contributed by atoms with van der Waals surface area (Å²) < 4.78 is 41.9. The number of terminal acetylenes is 1. The van der Waals surface area contributed by atoms with E-state index in [1.807, 2.05) is 0 Å². The molecule has 142 valence electrons. The minimum atomic E-state index is -4.67. The first-order valence-electron chi connectivity index (χ1n) is 8.58. The first-order chi connectivity index (χ1) is 12.9. The molecule has 1 fully saturated rings. The molecule has 0 bridgehead atoms. The van der Waals surface area contributed by atoms with Crippen molar-refractivity contribution in [3.8, 4) is 23.7 Å². The Morgan fingerprint density at radius 2 is 2.00 bits per heavy atom. The normalized spacial score (nSPS) is 14.0. The molecule has 1 aliphatic carbocycles. The van der Waals surface area contributed by atoms with E-state index in [0.717, 1.165) is 18.4 Å². The number of rotatable bonds is 7. The Labute approximate surface area is 154 Å². The lowest BCUT2D eigenvalue weighted by atomic mass is 10.1. The first kappa shape index (κ1) is 19.0. The minimum Gasteiger partial charge on any atom is -0.338 e. The fraction of sp³-hybridized carbons (Fsp3) is 0.421. The number of amides is 1. The van der Waals surface area contributed by atoms with Crippen molar-refractivity contribution in [2.75, 3.05) is 6.54 Å². The van der Waals surface area contributed by atoms with Crippen LogP contribution in [0.2, 0.25) is 0 Å². The van der Waals surface area contributed by atoms with Crippen molar-refractivity contribution in [3.63, 3.8) is 0 Å². The zero-order chi connectivity index (χ0) is 19.4. The maximum atomic E-state index is 12.6. The Balaban J connectivity index is 1.68. The quantitative estimate of drug-likeness (QED) is 0.687. The van der Waals surface area contributed by atoms with Crippen molar-refractivity contribution in [1.29, 1.82) is 0 Å². The third-order valence-corrected chi connectivity index (χ3v) is 4.27. The maximum Gasteiger partial charge on any atom is 0.471 e. The molecule has 1 heterocycles. The number of aromatic nitrogens is 2. The van der Waals surface area contributed by atoms with E-state index in [4.69, 9.17) is 6.42 Å². The smallest absolute Gasteiger partial charge is 0.338 e. The number of alkyl halides is 3. The molecular formula is C19H18F3N3O2. The lowest BCUT2D eigenvalue weighted by molar-refractivity contribution is -0.159. The number of carbonyl (C=O) groups excluding carboxylic acids is 1. The molecule has 0 radical (unpaired) electrons. The van der Waals surface area contributed by atoms with Gasteiger partial charge in [-0.25, -0.2) is 0 Å². The van der Waals surface area contributed by atoms with Crippen LogP contribution < -0.4 is 0 Å². The fourth-order valence-electron chi connectivity index (χ4n) is 2.64. The molecular weight excluding hydrogens is 359 g/mol. The van der Waals surface area contributed by atoms with Crippen LogP contribution in [0.4, 0.5) is 13.2 Å². The minimum absolute atomic E-state index is 0.0110. The molecule has 27 heavy (non-hydrogen) atoms. The zero-order valence-corrected chi connectivity index (χ0v) is 14.5. The van der Waals surface area contributed by atoms with Crippen molar-refractivity contribution >= 4 is 5.91 Å². The van der Waals surface area contributed by atoms with Gasteiger partial charge in [0.25, 0.3) is 0 Å². The number of nitrogens with zero attached hydrogens (tertiary/aromatic N) is 3. The van der Waals surface area contributed by atoms with E-state index in [1.165, 1.54) is 0 Å². The van der Waals surface area contributed by atoms with Gasteiger partial charge in [-0.2, -0.15) is 18.2 Å². The summed E-state index contributed by atoms with van der Waals surface area (Å²) in [5.74, 6) is 1.52. The number of hydrogen-bond acceptors (Lipinski definition) is 4. The van der Waals surface area contributed by atoms with Gasteiger partial charge < -0.3 is 9.42 Å². The van der Waals surface area contributed by atoms with E-state index in [0.29, 0.717) is 37.4 Å². The highest BCUT2D eigenvalue weighted by Gasteiger charge is 2.38. The Kier molecular flexibility index (Phi) is 5.49. The highest BCUT2D eigenvalue weighted by atomic mass is 19.4. The molecule has 0 unspecified atom stereocenters. The molecule has 0 atom stereocenters. The second-order valence-corrected chi connectivity index (χ2v) is 6.54. The van der Waals surface area contributed by atoms with Crippen LogP contribution in [0.1, 0.15) is 37.1 Å². The number of halogens is 3. The largest absolute Gasteiger partial charge is 0.471 e. The molecule has 0 aliphatic heterocycles. The second-order valence-electron chi connectivity index (χ2n) is 6.54. The van der Waals surface area contributed by atoms with Crippen LogP contribution in [0.15, 0.2) is 28.8 Å². The van der Waals surface area contributed by atoms with Gasteiger partial charge in [-0.3, -0.25) is 4.79 Å². The molecule has 0 saturated heterocycles. The van der Waals surface area contributed by atoms with Crippen LogP contribution in [0.3, 0.4) is 0 Å². The van der Waals surface area contributed by atoms with Crippen LogP contribution in [0.25, 0.3) is 11.4 Å². The third kappa shape index (κ3) is 5.09. The van der Waals surface area contributed by atoms with E-state index >= 15 is 0 Å². The van der Waals surface area contributed by atoms with Gasteiger partial charge in [-0.05, 0) is 24.3 Å². The fourth-order valence-corrected chi connectivity index (χ4v) is 2.64. The summed E-state index contributed by atoms with van der Waals surface area (Å²) in [6.45, 7) is 1.13. The molecule has 0 spiro atoms. The summed E-state index contributed by atoms with van der Waals surface area (Å²) in [4.78, 5) is 17.5. The standard InChI is InChI=1S/C19H18F3N3O2/c1-2-3-4-16(26)25(11-13-5-6-13)12-14-7-9-15(10-8-14)17-23-18(27-24-17)19(20,21)22/h1,7-10,13H,3-6,11-12H2. The zero-order valence-electron chi connectivity index (χ0n) is 14.5. The van der Waals surface area contributed by atoms with Crippen LogP contribution in [0, 0.1) is 18.3 Å². The van der Waals surface area contributed by atoms with Gasteiger partial charge in [0.15, 0.2) is 0 Å². The molecule has 8 heteroatoms. The highest BCUT2D eigenvalue weighted by molar-refractivity contribution is 5.76. The summed E-state index contributed by atoms with van der Waals surface area (Å²) in [6, 6.07) is 6.71. The first-order valence-corrected chi connectivity index (χ1v) is 8.58. The summed E-state index contributed by atoms with van der Waals surface area (Å²) in [5.41, 5.74) is 1.28. The van der Waals surface area contributed by atoms with Crippen LogP contribution in [-0.2, 0) is 17.5 Å². The Morgan fingerprint density at radius 3 is 2.56 bits per heavy atom. The van der Waals surface area contributed by atoms with E-state index in [1.54, 1.807) is 29.2 Å². The van der Waals surface area contributed by atoms with Crippen molar-refractivity contribution in [3.05, 3.63) is 35.7 Å². The molecule has 2 aromatic rings. The van der Waals surface area contributed by atoms with Gasteiger partial charge in [-0.15, -0.1) is 12.3 Å². The average molecular weight is 377 g/mol. The van der Waals surface area contributed by atoms with Gasteiger partial charge in [-0.1, -0.05) is 29.4 Å². The van der Waals surface area contributed by atoms with Gasteiger partial charge in [0.1, 0.15) is 0 Å². The Bertz CT molecular complexity index is 833. The summed E-state index contributed by atoms with van der Waals surface area (Å²) in [7, 11) is 0. The van der Waals surface area contributed by atoms with E-state index < -0.39 is 12.1 Å². The lowest BCUT2D eigenvalue weighted by Gasteiger charge is -2.22. The molecule has 1 saturated carbocycles. The van der Waals surface area contributed by atoms with Crippen LogP contribution >= 0.6 is 0 Å². The highest BCUT2D eigenvalue weighted by Crippen LogP contribution is 2.31. The number of carbonyl (C=O) groups is 1. The SMILES string of the molecule is C#CCCC(=O)N(Cc1ccc(-c2noc(C(F)(F)F)n2)cc1)CC1CC1. The molecule has 1 aliphatic rings. The van der Waals surface area contributed by atoms with Gasteiger partial charge in [0.05, 0.1) is 0 Å². The van der Waals surface area contributed by atoms with Crippen LogP contribution in [-0.4, -0.2) is 27.5 Å². The van der Waals surface area contributed by atoms with E-state index in [2.05, 4.69) is 20.6 Å². The second kappa shape index (κ2) is 7.82.